The molecule has 118 valence electrons. The Morgan fingerprint density at radius 3 is 2.65 bits per heavy atom. The molecule has 1 saturated heterocycles. The molecule has 20 heavy (non-hydrogen) atoms. The Morgan fingerprint density at radius 2 is 2.05 bits per heavy atom. The van der Waals surface area contributed by atoms with Crippen molar-refractivity contribution in [2.45, 2.75) is 83.1 Å². The van der Waals surface area contributed by atoms with Crippen LogP contribution in [-0.2, 0) is 14.3 Å². The first-order valence-corrected chi connectivity index (χ1v) is 7.32. The number of carboxylic acids is 1. The summed E-state index contributed by atoms with van der Waals surface area (Å²) in [6, 6.07) is 0. The van der Waals surface area contributed by atoms with Crippen molar-refractivity contribution < 1.29 is 29.6 Å². The van der Waals surface area contributed by atoms with Crippen molar-refractivity contribution in [2.75, 3.05) is 0 Å². The molecule has 0 aromatic rings. The van der Waals surface area contributed by atoms with E-state index >= 15 is 0 Å². The highest BCUT2D eigenvalue weighted by atomic mass is 16.7. The van der Waals surface area contributed by atoms with E-state index in [1.54, 1.807) is 6.92 Å². The molecule has 0 amide bonds. The third-order valence-corrected chi connectivity index (χ3v) is 3.64. The van der Waals surface area contributed by atoms with Gasteiger partial charge in [-0.15, -0.1) is 0 Å². The Bertz CT molecular complexity index is 295. The SMILES string of the molecule is CC[C@H](CCCCC(=O)O)OC1OC(C)[C@H](O)C[C@@H]1O. The van der Waals surface area contributed by atoms with E-state index in [1.165, 1.54) is 0 Å². The van der Waals surface area contributed by atoms with Gasteiger partial charge in [-0.25, -0.2) is 0 Å². The summed E-state index contributed by atoms with van der Waals surface area (Å²) in [5, 5.41) is 28.0. The summed E-state index contributed by atoms with van der Waals surface area (Å²) in [6.45, 7) is 3.73. The van der Waals surface area contributed by atoms with Crippen molar-refractivity contribution >= 4 is 5.97 Å². The van der Waals surface area contributed by atoms with E-state index in [4.69, 9.17) is 14.6 Å². The summed E-state index contributed by atoms with van der Waals surface area (Å²) in [5.41, 5.74) is 0. The molecule has 0 aromatic carbocycles. The molecule has 1 aliphatic rings. The number of hydrogen-bond donors (Lipinski definition) is 3. The van der Waals surface area contributed by atoms with Gasteiger partial charge in [0.05, 0.1) is 18.3 Å². The molecule has 5 atom stereocenters. The topological polar surface area (TPSA) is 96.2 Å². The minimum absolute atomic E-state index is 0.0640. The van der Waals surface area contributed by atoms with Crippen molar-refractivity contribution in [1.29, 1.82) is 0 Å². The molecule has 0 radical (unpaired) electrons. The Hall–Kier alpha value is -0.690. The molecule has 0 saturated carbocycles. The second-order valence-corrected chi connectivity index (χ2v) is 5.39. The van der Waals surface area contributed by atoms with Crippen LogP contribution in [0.2, 0.25) is 0 Å². The fourth-order valence-electron chi connectivity index (χ4n) is 2.27. The molecule has 0 spiro atoms. The monoisotopic (exact) mass is 290 g/mol. The number of rotatable bonds is 8. The summed E-state index contributed by atoms with van der Waals surface area (Å²) in [7, 11) is 0. The highest BCUT2D eigenvalue weighted by Gasteiger charge is 2.35. The van der Waals surface area contributed by atoms with E-state index in [0.717, 1.165) is 19.3 Å². The molecule has 6 nitrogen and oxygen atoms in total. The molecular formula is C14H26O6. The number of unbranched alkanes of at least 4 members (excludes halogenated alkanes) is 1. The zero-order valence-corrected chi connectivity index (χ0v) is 12.2. The molecule has 6 heteroatoms. The number of aliphatic carboxylic acids is 1. The number of aliphatic hydroxyl groups excluding tert-OH is 2. The van der Waals surface area contributed by atoms with Crippen LogP contribution in [0.5, 0.6) is 0 Å². The van der Waals surface area contributed by atoms with Crippen molar-refractivity contribution in [3.05, 3.63) is 0 Å². The van der Waals surface area contributed by atoms with E-state index < -0.39 is 24.5 Å². The predicted molar refractivity (Wildman–Crippen MR) is 72.2 cm³/mol. The van der Waals surface area contributed by atoms with Crippen LogP contribution < -0.4 is 0 Å². The number of carboxylic acid groups (broad SMARTS) is 1. The zero-order chi connectivity index (χ0) is 15.1. The Balaban J connectivity index is 2.33. The first kappa shape index (κ1) is 17.4. The molecule has 0 aromatic heterocycles. The van der Waals surface area contributed by atoms with Crippen LogP contribution in [0.25, 0.3) is 0 Å². The van der Waals surface area contributed by atoms with E-state index in [-0.39, 0.29) is 25.0 Å². The lowest BCUT2D eigenvalue weighted by Gasteiger charge is -2.37. The second-order valence-electron chi connectivity index (χ2n) is 5.39. The van der Waals surface area contributed by atoms with Gasteiger partial charge in [0.15, 0.2) is 6.29 Å². The normalized spacial score (nSPS) is 32.0. The summed E-state index contributed by atoms with van der Waals surface area (Å²) < 4.78 is 11.2. The predicted octanol–water partition coefficient (Wildman–Crippen LogP) is 1.28. The molecule has 0 aliphatic carbocycles. The average molecular weight is 290 g/mol. The number of ether oxygens (including phenoxy) is 2. The maximum absolute atomic E-state index is 10.4. The second kappa shape index (κ2) is 8.56. The largest absolute Gasteiger partial charge is 0.481 e. The van der Waals surface area contributed by atoms with Crippen LogP contribution in [-0.4, -0.2) is 52.0 Å². The minimum atomic E-state index is -0.825. The lowest BCUT2D eigenvalue weighted by molar-refractivity contribution is -0.275. The minimum Gasteiger partial charge on any atom is -0.481 e. The third kappa shape index (κ3) is 5.75. The fraction of sp³-hybridized carbons (Fsp3) is 0.929. The molecule has 1 rings (SSSR count). The van der Waals surface area contributed by atoms with Gasteiger partial charge in [0.2, 0.25) is 0 Å². The van der Waals surface area contributed by atoms with Gasteiger partial charge in [-0.2, -0.15) is 0 Å². The van der Waals surface area contributed by atoms with Gasteiger partial charge in [0.1, 0.15) is 6.10 Å². The maximum atomic E-state index is 10.4. The summed E-state index contributed by atoms with van der Waals surface area (Å²) in [5.74, 6) is -0.784. The molecular weight excluding hydrogens is 264 g/mol. The quantitative estimate of drug-likeness (QED) is 0.583. The van der Waals surface area contributed by atoms with Crippen LogP contribution >= 0.6 is 0 Å². The number of aliphatic hydroxyl groups is 2. The summed E-state index contributed by atoms with van der Waals surface area (Å²) >= 11 is 0. The van der Waals surface area contributed by atoms with E-state index in [2.05, 4.69) is 0 Å². The highest BCUT2D eigenvalue weighted by Crippen LogP contribution is 2.24. The van der Waals surface area contributed by atoms with Crippen LogP contribution in [0.15, 0.2) is 0 Å². The zero-order valence-electron chi connectivity index (χ0n) is 12.2. The van der Waals surface area contributed by atoms with Crippen LogP contribution in [0.3, 0.4) is 0 Å². The van der Waals surface area contributed by atoms with Crippen LogP contribution in [0.4, 0.5) is 0 Å². The van der Waals surface area contributed by atoms with Gasteiger partial charge in [-0.1, -0.05) is 13.3 Å². The van der Waals surface area contributed by atoms with Crippen LogP contribution in [0, 0.1) is 0 Å². The van der Waals surface area contributed by atoms with Crippen molar-refractivity contribution in [3.8, 4) is 0 Å². The fourth-order valence-corrected chi connectivity index (χ4v) is 2.27. The standard InChI is InChI=1S/C14H26O6/c1-3-10(6-4-5-7-13(17)18)20-14-12(16)8-11(15)9(2)19-14/h9-12,14-16H,3-8H2,1-2H3,(H,17,18)/t9?,10-,11-,12+,14?/m1/s1. The van der Waals surface area contributed by atoms with Gasteiger partial charge in [-0.3, -0.25) is 4.79 Å². The van der Waals surface area contributed by atoms with E-state index in [9.17, 15) is 15.0 Å². The molecule has 1 heterocycles. The number of carbonyl (C=O) groups is 1. The van der Waals surface area contributed by atoms with Crippen molar-refractivity contribution in [2.24, 2.45) is 0 Å². The first-order valence-electron chi connectivity index (χ1n) is 7.32. The highest BCUT2D eigenvalue weighted by molar-refractivity contribution is 5.66. The van der Waals surface area contributed by atoms with E-state index in [1.807, 2.05) is 6.92 Å². The van der Waals surface area contributed by atoms with Crippen molar-refractivity contribution in [3.63, 3.8) is 0 Å². The molecule has 1 fully saturated rings. The van der Waals surface area contributed by atoms with Gasteiger partial charge in [0.25, 0.3) is 0 Å². The first-order chi connectivity index (χ1) is 9.43. The molecule has 1 aliphatic heterocycles. The Morgan fingerprint density at radius 1 is 1.35 bits per heavy atom. The van der Waals surface area contributed by atoms with Crippen LogP contribution in [0.1, 0.15) is 52.4 Å². The van der Waals surface area contributed by atoms with Gasteiger partial charge in [0, 0.05) is 12.8 Å². The smallest absolute Gasteiger partial charge is 0.303 e. The average Bonchev–Trinajstić information content (AvgIpc) is 2.38. The lowest BCUT2D eigenvalue weighted by atomic mass is 10.0. The molecule has 3 N–H and O–H groups in total. The molecule has 0 bridgehead atoms. The van der Waals surface area contributed by atoms with Gasteiger partial charge >= 0.3 is 5.97 Å². The van der Waals surface area contributed by atoms with Gasteiger partial charge < -0.3 is 24.8 Å². The Labute approximate surface area is 119 Å². The molecule has 2 unspecified atom stereocenters. The van der Waals surface area contributed by atoms with Gasteiger partial charge in [-0.05, 0) is 26.2 Å². The maximum Gasteiger partial charge on any atom is 0.303 e. The number of hydrogen-bond acceptors (Lipinski definition) is 5. The van der Waals surface area contributed by atoms with Crippen molar-refractivity contribution in [1.82, 2.24) is 0 Å². The lowest BCUT2D eigenvalue weighted by Crippen LogP contribution is -2.48. The Kier molecular flexibility index (Phi) is 7.43. The summed E-state index contributed by atoms with van der Waals surface area (Å²) in [4.78, 5) is 10.4. The van der Waals surface area contributed by atoms with E-state index in [0.29, 0.717) is 6.42 Å². The summed E-state index contributed by atoms with van der Waals surface area (Å²) in [6.07, 6.45) is 0.712. The third-order valence-electron chi connectivity index (χ3n) is 3.64.